The van der Waals surface area contributed by atoms with Gasteiger partial charge in [0.2, 0.25) is 0 Å². The molecular weight excluding hydrogens is 462 g/mol. The van der Waals surface area contributed by atoms with Gasteiger partial charge in [-0.1, -0.05) is 12.5 Å². The van der Waals surface area contributed by atoms with Crippen molar-refractivity contribution >= 4 is 21.9 Å². The first-order valence-electron chi connectivity index (χ1n) is 12.7. The molecule has 0 spiro atoms. The molecule has 1 fully saturated rings. The third-order valence-electron chi connectivity index (χ3n) is 7.01. The molecule has 1 saturated carbocycles. The molecular formula is C29H25N7O. The van der Waals surface area contributed by atoms with Crippen LogP contribution in [0.3, 0.4) is 0 Å². The minimum atomic E-state index is 0.272. The lowest BCUT2D eigenvalue weighted by Crippen LogP contribution is -2.19. The van der Waals surface area contributed by atoms with Crippen molar-refractivity contribution in [2.45, 2.75) is 38.2 Å². The summed E-state index contributed by atoms with van der Waals surface area (Å²) in [7, 11) is 0. The Kier molecular flexibility index (Phi) is 5.35. The maximum atomic E-state index is 6.24. The zero-order valence-corrected chi connectivity index (χ0v) is 20.2. The average Bonchev–Trinajstić information content (AvgIpc) is 3.58. The van der Waals surface area contributed by atoms with Crippen molar-refractivity contribution in [3.05, 3.63) is 73.4 Å². The van der Waals surface area contributed by atoms with Gasteiger partial charge in [-0.15, -0.1) is 0 Å². The number of rotatable bonds is 5. The Bertz CT molecular complexity index is 1700. The summed E-state index contributed by atoms with van der Waals surface area (Å²) in [5.74, 6) is 0.795. The molecule has 0 saturated heterocycles. The van der Waals surface area contributed by atoms with E-state index in [2.05, 4.69) is 36.2 Å². The maximum absolute atomic E-state index is 6.24. The molecule has 1 aliphatic carbocycles. The number of nitrogens with zero attached hydrogens (tertiary/aromatic N) is 5. The van der Waals surface area contributed by atoms with E-state index in [0.29, 0.717) is 0 Å². The van der Waals surface area contributed by atoms with Gasteiger partial charge in [0.25, 0.3) is 0 Å². The number of H-pyrrole nitrogens is 2. The molecule has 0 atom stereocenters. The van der Waals surface area contributed by atoms with E-state index in [9.17, 15) is 0 Å². The summed E-state index contributed by atoms with van der Waals surface area (Å²) in [6.45, 7) is 0. The SMILES string of the molecule is c1ccc(-c2cncc3[nH]c(-c4n[nH]c5ccc(-c6cncc(OC7CCCCC7)c6)nc45)cc23)nc1. The summed E-state index contributed by atoms with van der Waals surface area (Å²) in [5.41, 5.74) is 7.77. The summed E-state index contributed by atoms with van der Waals surface area (Å²) < 4.78 is 6.24. The second kappa shape index (κ2) is 9.13. The van der Waals surface area contributed by atoms with Crippen molar-refractivity contribution in [2.24, 2.45) is 0 Å². The highest BCUT2D eigenvalue weighted by Crippen LogP contribution is 2.33. The molecule has 0 bridgehead atoms. The summed E-state index contributed by atoms with van der Waals surface area (Å²) in [6.07, 6.45) is 15.3. The monoisotopic (exact) mass is 487 g/mol. The number of fused-ring (bicyclic) bond motifs is 2. The molecule has 0 amide bonds. The van der Waals surface area contributed by atoms with Crippen LogP contribution < -0.4 is 4.74 Å². The van der Waals surface area contributed by atoms with E-state index in [1.54, 1.807) is 12.4 Å². The van der Waals surface area contributed by atoms with E-state index >= 15 is 0 Å². The van der Waals surface area contributed by atoms with Crippen molar-refractivity contribution in [1.82, 2.24) is 35.1 Å². The standard InChI is InChI=1S/C29H25N7O/c1-2-6-19(7-3-1)37-20-12-18(14-30-15-20)23-9-10-25-28(34-23)29(36-35-25)26-13-21-22(16-31-17-27(21)33-26)24-8-4-5-11-32-24/h4-5,8-17,19,33H,1-3,6-7H2,(H,35,36). The number of ether oxygens (including phenoxy) is 1. The van der Waals surface area contributed by atoms with Crippen LogP contribution in [0.4, 0.5) is 0 Å². The zero-order chi connectivity index (χ0) is 24.6. The first-order valence-corrected chi connectivity index (χ1v) is 12.7. The molecule has 6 aromatic heterocycles. The highest BCUT2D eigenvalue weighted by Gasteiger charge is 2.18. The Morgan fingerprint density at radius 2 is 1.76 bits per heavy atom. The lowest BCUT2D eigenvalue weighted by molar-refractivity contribution is 0.154. The fraction of sp³-hybridized carbons (Fsp3) is 0.207. The van der Waals surface area contributed by atoms with Crippen LogP contribution in [0.1, 0.15) is 32.1 Å². The van der Waals surface area contributed by atoms with E-state index in [-0.39, 0.29) is 6.10 Å². The van der Waals surface area contributed by atoms with E-state index < -0.39 is 0 Å². The van der Waals surface area contributed by atoms with Crippen LogP contribution in [-0.4, -0.2) is 41.2 Å². The first-order chi connectivity index (χ1) is 18.3. The summed E-state index contributed by atoms with van der Waals surface area (Å²) in [5, 5.41) is 8.75. The predicted molar refractivity (Wildman–Crippen MR) is 143 cm³/mol. The van der Waals surface area contributed by atoms with Crippen LogP contribution in [-0.2, 0) is 0 Å². The van der Waals surface area contributed by atoms with E-state index in [1.165, 1.54) is 19.3 Å². The number of pyridine rings is 4. The van der Waals surface area contributed by atoms with Gasteiger partial charge in [0.05, 0.1) is 46.6 Å². The lowest BCUT2D eigenvalue weighted by atomic mass is 9.98. The highest BCUT2D eigenvalue weighted by atomic mass is 16.5. The molecule has 0 unspecified atom stereocenters. The van der Waals surface area contributed by atoms with E-state index in [0.717, 1.165) is 74.4 Å². The second-order valence-corrected chi connectivity index (χ2v) is 9.50. The van der Waals surface area contributed by atoms with Crippen molar-refractivity contribution in [3.63, 3.8) is 0 Å². The van der Waals surface area contributed by atoms with Crippen molar-refractivity contribution in [3.8, 4) is 39.7 Å². The molecule has 7 rings (SSSR count). The van der Waals surface area contributed by atoms with Gasteiger partial charge < -0.3 is 9.72 Å². The van der Waals surface area contributed by atoms with Gasteiger partial charge in [0, 0.05) is 35.1 Å². The van der Waals surface area contributed by atoms with Crippen LogP contribution >= 0.6 is 0 Å². The third-order valence-corrected chi connectivity index (χ3v) is 7.01. The average molecular weight is 488 g/mol. The number of hydrogen-bond donors (Lipinski definition) is 2. The van der Waals surface area contributed by atoms with Crippen LogP contribution in [0.15, 0.2) is 73.4 Å². The summed E-state index contributed by atoms with van der Waals surface area (Å²) in [6, 6.07) is 14.0. The fourth-order valence-corrected chi connectivity index (χ4v) is 5.15. The van der Waals surface area contributed by atoms with Gasteiger partial charge in [-0.25, -0.2) is 4.98 Å². The van der Waals surface area contributed by atoms with Gasteiger partial charge in [0.1, 0.15) is 17.0 Å². The summed E-state index contributed by atoms with van der Waals surface area (Å²) in [4.78, 5) is 21.8. The van der Waals surface area contributed by atoms with Crippen LogP contribution in [0.2, 0.25) is 0 Å². The van der Waals surface area contributed by atoms with Crippen molar-refractivity contribution in [1.29, 1.82) is 0 Å². The second-order valence-electron chi connectivity index (χ2n) is 9.50. The molecule has 8 nitrogen and oxygen atoms in total. The molecule has 0 radical (unpaired) electrons. The number of aromatic amines is 2. The minimum absolute atomic E-state index is 0.272. The Balaban J connectivity index is 1.26. The number of aromatic nitrogens is 7. The van der Waals surface area contributed by atoms with Gasteiger partial charge in [-0.2, -0.15) is 5.10 Å². The molecule has 1 aliphatic rings. The maximum Gasteiger partial charge on any atom is 0.138 e. The van der Waals surface area contributed by atoms with Gasteiger partial charge in [-0.05, 0) is 62.1 Å². The quantitative estimate of drug-likeness (QED) is 0.294. The van der Waals surface area contributed by atoms with Crippen LogP contribution in [0, 0.1) is 0 Å². The normalized spacial score (nSPS) is 14.4. The Labute approximate surface area is 213 Å². The number of nitrogens with one attached hydrogen (secondary N) is 2. The molecule has 182 valence electrons. The molecule has 37 heavy (non-hydrogen) atoms. The van der Waals surface area contributed by atoms with Crippen molar-refractivity contribution in [2.75, 3.05) is 0 Å². The van der Waals surface area contributed by atoms with Crippen molar-refractivity contribution < 1.29 is 4.74 Å². The molecule has 6 heterocycles. The van der Waals surface area contributed by atoms with Gasteiger partial charge in [0.15, 0.2) is 0 Å². The van der Waals surface area contributed by atoms with E-state index in [4.69, 9.17) is 9.72 Å². The first kappa shape index (κ1) is 21.7. The fourth-order valence-electron chi connectivity index (χ4n) is 5.15. The minimum Gasteiger partial charge on any atom is -0.489 e. The molecule has 0 aromatic carbocycles. The number of hydrogen-bond acceptors (Lipinski definition) is 6. The molecule has 6 aromatic rings. The lowest BCUT2D eigenvalue weighted by Gasteiger charge is -2.22. The molecule has 8 heteroatoms. The molecule has 2 N–H and O–H groups in total. The smallest absolute Gasteiger partial charge is 0.138 e. The highest BCUT2D eigenvalue weighted by molar-refractivity contribution is 5.99. The van der Waals surface area contributed by atoms with Crippen LogP contribution in [0.5, 0.6) is 5.75 Å². The Hall–Kier alpha value is -4.59. The van der Waals surface area contributed by atoms with Gasteiger partial charge in [-0.3, -0.25) is 20.1 Å². The van der Waals surface area contributed by atoms with E-state index in [1.807, 2.05) is 55.0 Å². The third kappa shape index (κ3) is 4.10. The topological polar surface area (TPSA) is 105 Å². The molecule has 0 aliphatic heterocycles. The Morgan fingerprint density at radius 3 is 2.65 bits per heavy atom. The summed E-state index contributed by atoms with van der Waals surface area (Å²) >= 11 is 0. The zero-order valence-electron chi connectivity index (χ0n) is 20.2. The predicted octanol–water partition coefficient (Wildman–Crippen LogP) is 6.34. The van der Waals surface area contributed by atoms with Gasteiger partial charge >= 0.3 is 0 Å². The Morgan fingerprint density at radius 1 is 0.838 bits per heavy atom. The largest absolute Gasteiger partial charge is 0.489 e. The van der Waals surface area contributed by atoms with Crippen LogP contribution in [0.25, 0.3) is 55.8 Å².